The van der Waals surface area contributed by atoms with Crippen molar-refractivity contribution in [1.29, 1.82) is 0 Å². The fourth-order valence-electron chi connectivity index (χ4n) is 1.72. The lowest BCUT2D eigenvalue weighted by molar-refractivity contribution is -0.137. The van der Waals surface area contributed by atoms with E-state index in [1.165, 1.54) is 9.80 Å². The van der Waals surface area contributed by atoms with Gasteiger partial charge in [-0.3, -0.25) is 14.5 Å². The zero-order valence-corrected chi connectivity index (χ0v) is 10.4. The monoisotopic (exact) mass is 242 g/mol. The molecule has 17 heavy (non-hydrogen) atoms. The molecule has 6 heteroatoms. The van der Waals surface area contributed by atoms with E-state index in [-0.39, 0.29) is 18.4 Å². The minimum absolute atomic E-state index is 0.0649. The van der Waals surface area contributed by atoms with Crippen molar-refractivity contribution >= 4 is 17.9 Å². The number of carbonyl (C=O) groups is 3. The van der Waals surface area contributed by atoms with Crippen LogP contribution in [-0.4, -0.2) is 51.9 Å². The van der Waals surface area contributed by atoms with Gasteiger partial charge >= 0.3 is 12.0 Å². The van der Waals surface area contributed by atoms with Crippen LogP contribution in [0.4, 0.5) is 4.79 Å². The number of carbonyl (C=O) groups excluding carboxylic acids is 2. The Balaban J connectivity index is 2.52. The number of hydrogen-bond donors (Lipinski definition) is 1. The van der Waals surface area contributed by atoms with E-state index in [9.17, 15) is 14.4 Å². The summed E-state index contributed by atoms with van der Waals surface area (Å²) in [6.45, 7) is 3.69. The SMILES string of the molecule is CN1C(=O)N(CCCCC(=O)O)C(=O)C1(C)C. The van der Waals surface area contributed by atoms with Crippen molar-refractivity contribution in [3.8, 4) is 0 Å². The molecule has 0 aromatic carbocycles. The fourth-order valence-corrected chi connectivity index (χ4v) is 1.72. The van der Waals surface area contributed by atoms with Crippen molar-refractivity contribution in [1.82, 2.24) is 9.80 Å². The largest absolute Gasteiger partial charge is 0.481 e. The van der Waals surface area contributed by atoms with Crippen molar-refractivity contribution in [2.24, 2.45) is 0 Å². The van der Waals surface area contributed by atoms with Gasteiger partial charge < -0.3 is 10.0 Å². The second-order valence-electron chi connectivity index (χ2n) is 4.71. The van der Waals surface area contributed by atoms with Gasteiger partial charge in [-0.15, -0.1) is 0 Å². The number of carboxylic acids is 1. The molecule has 0 aromatic heterocycles. The van der Waals surface area contributed by atoms with Gasteiger partial charge in [-0.2, -0.15) is 0 Å². The molecular weight excluding hydrogens is 224 g/mol. The average Bonchev–Trinajstić information content (AvgIpc) is 2.38. The summed E-state index contributed by atoms with van der Waals surface area (Å²) in [5.74, 6) is -1.08. The summed E-state index contributed by atoms with van der Waals surface area (Å²) in [6, 6.07) is -0.310. The number of hydrogen-bond acceptors (Lipinski definition) is 3. The van der Waals surface area contributed by atoms with Crippen LogP contribution in [0.5, 0.6) is 0 Å². The summed E-state index contributed by atoms with van der Waals surface area (Å²) in [5.41, 5.74) is -0.802. The maximum absolute atomic E-state index is 11.9. The van der Waals surface area contributed by atoms with Crippen LogP contribution >= 0.6 is 0 Å². The van der Waals surface area contributed by atoms with Crippen LogP contribution in [0.15, 0.2) is 0 Å². The minimum Gasteiger partial charge on any atom is -0.481 e. The Labute approximate surface area is 100 Å². The van der Waals surface area contributed by atoms with Crippen LogP contribution < -0.4 is 0 Å². The summed E-state index contributed by atoms with van der Waals surface area (Å²) in [7, 11) is 1.59. The molecule has 1 fully saturated rings. The first-order valence-electron chi connectivity index (χ1n) is 5.60. The van der Waals surface area contributed by atoms with Gasteiger partial charge in [0.15, 0.2) is 0 Å². The topological polar surface area (TPSA) is 77.9 Å². The second-order valence-corrected chi connectivity index (χ2v) is 4.71. The highest BCUT2D eigenvalue weighted by Crippen LogP contribution is 2.25. The Morgan fingerprint density at radius 1 is 1.29 bits per heavy atom. The van der Waals surface area contributed by atoms with Crippen molar-refractivity contribution in [3.05, 3.63) is 0 Å². The predicted molar refractivity (Wildman–Crippen MR) is 60.4 cm³/mol. The van der Waals surface area contributed by atoms with Crippen LogP contribution in [0.25, 0.3) is 0 Å². The summed E-state index contributed by atoms with van der Waals surface area (Å²) in [4.78, 5) is 36.6. The molecule has 6 nitrogen and oxygen atoms in total. The Kier molecular flexibility index (Phi) is 3.75. The van der Waals surface area contributed by atoms with Crippen molar-refractivity contribution < 1.29 is 19.5 Å². The van der Waals surface area contributed by atoms with Gasteiger partial charge in [0.1, 0.15) is 5.54 Å². The Bertz CT molecular complexity index is 351. The van der Waals surface area contributed by atoms with Crippen molar-refractivity contribution in [3.63, 3.8) is 0 Å². The first-order valence-corrected chi connectivity index (χ1v) is 5.60. The van der Waals surface area contributed by atoms with E-state index < -0.39 is 11.5 Å². The van der Waals surface area contributed by atoms with Crippen LogP contribution in [0.3, 0.4) is 0 Å². The molecule has 0 saturated carbocycles. The second kappa shape index (κ2) is 4.73. The van der Waals surface area contributed by atoms with E-state index in [4.69, 9.17) is 5.11 Å². The quantitative estimate of drug-likeness (QED) is 0.574. The maximum atomic E-state index is 11.9. The Morgan fingerprint density at radius 3 is 2.29 bits per heavy atom. The molecule has 0 bridgehead atoms. The van der Waals surface area contributed by atoms with E-state index in [0.717, 1.165) is 0 Å². The molecule has 3 amide bonds. The normalized spacial score (nSPS) is 19.0. The predicted octanol–water partition coefficient (Wildman–Crippen LogP) is 0.914. The minimum atomic E-state index is -0.860. The Morgan fingerprint density at radius 2 is 1.88 bits per heavy atom. The number of likely N-dealkylation sites (N-methyl/N-ethyl adjacent to an activating group) is 1. The number of imide groups is 1. The van der Waals surface area contributed by atoms with E-state index in [1.807, 2.05) is 0 Å². The van der Waals surface area contributed by atoms with Crippen LogP contribution in [-0.2, 0) is 9.59 Å². The Hall–Kier alpha value is -1.59. The van der Waals surface area contributed by atoms with Gasteiger partial charge in [0.2, 0.25) is 0 Å². The molecule has 0 radical (unpaired) electrons. The van der Waals surface area contributed by atoms with Crippen molar-refractivity contribution in [2.75, 3.05) is 13.6 Å². The van der Waals surface area contributed by atoms with Crippen LogP contribution in [0.1, 0.15) is 33.1 Å². The first kappa shape index (κ1) is 13.5. The number of urea groups is 1. The molecule has 0 aromatic rings. The molecule has 0 spiro atoms. The summed E-state index contributed by atoms with van der Waals surface area (Å²) >= 11 is 0. The van der Waals surface area contributed by atoms with Crippen LogP contribution in [0.2, 0.25) is 0 Å². The van der Waals surface area contributed by atoms with E-state index in [1.54, 1.807) is 20.9 Å². The number of nitrogens with zero attached hydrogens (tertiary/aromatic N) is 2. The fraction of sp³-hybridized carbons (Fsp3) is 0.727. The number of carboxylic acid groups (broad SMARTS) is 1. The zero-order valence-electron chi connectivity index (χ0n) is 10.4. The average molecular weight is 242 g/mol. The highest BCUT2D eigenvalue weighted by Gasteiger charge is 2.48. The molecule has 1 rings (SSSR count). The molecule has 1 aliphatic heterocycles. The smallest absolute Gasteiger partial charge is 0.327 e. The van der Waals surface area contributed by atoms with Crippen LogP contribution in [0, 0.1) is 0 Å². The summed E-state index contributed by atoms with van der Waals surface area (Å²) in [5, 5.41) is 8.48. The number of rotatable bonds is 5. The maximum Gasteiger partial charge on any atom is 0.327 e. The van der Waals surface area contributed by atoms with E-state index >= 15 is 0 Å². The van der Waals surface area contributed by atoms with Gasteiger partial charge in [-0.25, -0.2) is 4.79 Å². The molecule has 96 valence electrons. The molecular formula is C11H18N2O4. The molecule has 0 unspecified atom stereocenters. The molecule has 0 atom stereocenters. The molecule has 1 aliphatic rings. The molecule has 1 N–H and O–H groups in total. The third kappa shape index (κ3) is 2.57. The number of amides is 3. The molecule has 1 saturated heterocycles. The lowest BCUT2D eigenvalue weighted by Gasteiger charge is -2.22. The highest BCUT2D eigenvalue weighted by atomic mass is 16.4. The summed E-state index contributed by atoms with van der Waals surface area (Å²) in [6.07, 6.45) is 1.06. The van der Waals surface area contributed by atoms with Gasteiger partial charge in [-0.05, 0) is 26.7 Å². The van der Waals surface area contributed by atoms with Crippen molar-refractivity contribution in [2.45, 2.75) is 38.6 Å². The molecule has 0 aliphatic carbocycles. The highest BCUT2D eigenvalue weighted by molar-refractivity contribution is 6.06. The third-order valence-corrected chi connectivity index (χ3v) is 3.15. The first-order chi connectivity index (χ1) is 7.78. The number of unbranched alkanes of at least 4 members (excludes halogenated alkanes) is 1. The molecule has 1 heterocycles. The van der Waals surface area contributed by atoms with E-state index in [0.29, 0.717) is 19.4 Å². The van der Waals surface area contributed by atoms with E-state index in [2.05, 4.69) is 0 Å². The lowest BCUT2D eigenvalue weighted by atomic mass is 10.1. The number of aliphatic carboxylic acids is 1. The van der Waals surface area contributed by atoms with Gasteiger partial charge in [-0.1, -0.05) is 0 Å². The van der Waals surface area contributed by atoms with Gasteiger partial charge in [0.05, 0.1) is 0 Å². The van der Waals surface area contributed by atoms with Gasteiger partial charge in [0, 0.05) is 20.0 Å². The zero-order chi connectivity index (χ0) is 13.2. The summed E-state index contributed by atoms with van der Waals surface area (Å²) < 4.78 is 0. The van der Waals surface area contributed by atoms with Gasteiger partial charge in [0.25, 0.3) is 5.91 Å². The lowest BCUT2D eigenvalue weighted by Crippen LogP contribution is -2.41. The third-order valence-electron chi connectivity index (χ3n) is 3.15. The standard InChI is InChI=1S/C11H18N2O4/c1-11(2)9(16)13(10(17)12(11)3)7-5-4-6-8(14)15/h4-7H2,1-3H3,(H,14,15).